The van der Waals surface area contributed by atoms with Crippen molar-refractivity contribution in [3.8, 4) is 0 Å². The van der Waals surface area contributed by atoms with Gasteiger partial charge in [0, 0.05) is 22.2 Å². The summed E-state index contributed by atoms with van der Waals surface area (Å²) in [5, 5.41) is 4.42. The van der Waals surface area contributed by atoms with Gasteiger partial charge < -0.3 is 0 Å². The molecule has 0 N–H and O–H groups in total. The molecule has 36 heavy (non-hydrogen) atoms. The maximum absolute atomic E-state index is 6.66. The van der Waals surface area contributed by atoms with Crippen LogP contribution in [0, 0.1) is 11.8 Å². The molecule has 2 aliphatic carbocycles. The van der Waals surface area contributed by atoms with Crippen LogP contribution in [0.1, 0.15) is 134 Å². The topological polar surface area (TPSA) is 24.9 Å². The third-order valence-corrected chi connectivity index (χ3v) is 7.17. The van der Waals surface area contributed by atoms with Gasteiger partial charge >= 0.3 is 0 Å². The normalized spacial score (nSPS) is 29.4. The second-order valence-electron chi connectivity index (χ2n) is 15.2. The highest BCUT2D eigenvalue weighted by molar-refractivity contribution is 5.05. The molecule has 0 saturated carbocycles. The molecule has 0 spiro atoms. The van der Waals surface area contributed by atoms with E-state index < -0.39 is 0 Å². The lowest BCUT2D eigenvalue weighted by atomic mass is 9.81. The average Bonchev–Trinajstić information content (AvgIpc) is 2.64. The quantitative estimate of drug-likeness (QED) is 0.276. The van der Waals surface area contributed by atoms with Crippen LogP contribution in [0.2, 0.25) is 0 Å². The van der Waals surface area contributed by atoms with Crippen LogP contribution >= 0.6 is 0 Å². The fourth-order valence-electron chi connectivity index (χ4n) is 6.17. The van der Waals surface area contributed by atoms with Crippen LogP contribution in [0.5, 0.6) is 0 Å². The molecule has 0 fully saturated rings. The van der Waals surface area contributed by atoms with Crippen molar-refractivity contribution in [1.29, 1.82) is 0 Å². The summed E-state index contributed by atoms with van der Waals surface area (Å²) in [5.74, 6) is 1.15. The van der Waals surface area contributed by atoms with Gasteiger partial charge in [0.1, 0.15) is 0 Å². The van der Waals surface area contributed by atoms with Crippen molar-refractivity contribution < 1.29 is 9.68 Å². The first-order valence-electron chi connectivity index (χ1n) is 14.7. The van der Waals surface area contributed by atoms with E-state index in [1.54, 1.807) is 0 Å². The molecular weight excluding hydrogens is 444 g/mol. The molecule has 0 radical (unpaired) electrons. The molecule has 0 unspecified atom stereocenters. The summed E-state index contributed by atoms with van der Waals surface area (Å²) >= 11 is 0. The Hall–Kier alpha value is -0.680. The van der Waals surface area contributed by atoms with Gasteiger partial charge in [-0.3, -0.25) is 9.68 Å². The Bertz CT molecular complexity index is 624. The van der Waals surface area contributed by atoms with Gasteiger partial charge in [-0.25, -0.2) is 0 Å². The van der Waals surface area contributed by atoms with E-state index in [-0.39, 0.29) is 34.4 Å². The van der Waals surface area contributed by atoms with E-state index in [0.717, 1.165) is 12.8 Å². The molecule has 0 aromatic rings. The van der Waals surface area contributed by atoms with Crippen LogP contribution in [0.25, 0.3) is 0 Å². The molecular formula is C32H60N2O2. The molecule has 210 valence electrons. The Morgan fingerprint density at radius 1 is 0.444 bits per heavy atom. The number of hydrogen-bond donors (Lipinski definition) is 0. The molecule has 0 saturated heterocycles. The largest absolute Gasteiger partial charge is 0.291 e. The van der Waals surface area contributed by atoms with Crippen molar-refractivity contribution in [2.75, 3.05) is 0 Å². The van der Waals surface area contributed by atoms with Crippen molar-refractivity contribution in [3.05, 3.63) is 24.3 Å². The van der Waals surface area contributed by atoms with Crippen LogP contribution in [-0.2, 0) is 9.68 Å². The summed E-state index contributed by atoms with van der Waals surface area (Å²) in [7, 11) is 0. The minimum Gasteiger partial charge on any atom is -0.291 e. The molecule has 0 heterocycles. The summed E-state index contributed by atoms with van der Waals surface area (Å²) in [5.41, 5.74) is -0.170. The number of nitrogens with zero attached hydrogens (tertiary/aromatic N) is 2. The predicted molar refractivity (Wildman–Crippen MR) is 155 cm³/mol. The van der Waals surface area contributed by atoms with Gasteiger partial charge in [0.25, 0.3) is 0 Å². The minimum atomic E-state index is -0.0425. The van der Waals surface area contributed by atoms with Crippen molar-refractivity contribution in [1.82, 2.24) is 10.1 Å². The summed E-state index contributed by atoms with van der Waals surface area (Å²) in [6, 6.07) is 0. The minimum absolute atomic E-state index is 0.0425. The molecule has 4 atom stereocenters. The zero-order chi connectivity index (χ0) is 27.4. The van der Waals surface area contributed by atoms with E-state index in [1.165, 1.54) is 38.5 Å². The van der Waals surface area contributed by atoms with Crippen molar-refractivity contribution in [3.63, 3.8) is 0 Å². The molecule has 0 aliphatic heterocycles. The lowest BCUT2D eigenvalue weighted by Crippen LogP contribution is -2.53. The molecule has 4 nitrogen and oxygen atoms in total. The molecule has 0 bridgehead atoms. The molecule has 0 aromatic heterocycles. The highest BCUT2D eigenvalue weighted by Crippen LogP contribution is 2.34. The Morgan fingerprint density at radius 2 is 0.722 bits per heavy atom. The van der Waals surface area contributed by atoms with E-state index >= 15 is 0 Å². The Morgan fingerprint density at radius 3 is 1.00 bits per heavy atom. The van der Waals surface area contributed by atoms with E-state index in [2.05, 4.69) is 118 Å². The average molecular weight is 505 g/mol. The van der Waals surface area contributed by atoms with Crippen molar-refractivity contribution >= 4 is 0 Å². The van der Waals surface area contributed by atoms with Crippen molar-refractivity contribution in [2.24, 2.45) is 11.8 Å². The first kappa shape index (κ1) is 31.5. The van der Waals surface area contributed by atoms with Gasteiger partial charge in [-0.05, 0) is 121 Å². The van der Waals surface area contributed by atoms with Crippen LogP contribution in [-0.4, -0.2) is 44.5 Å². The number of rotatable bonds is 5. The predicted octanol–water partition coefficient (Wildman–Crippen LogP) is 8.88. The maximum atomic E-state index is 6.66. The van der Waals surface area contributed by atoms with Gasteiger partial charge in [-0.2, -0.15) is 10.1 Å². The standard InChI is InChI=1S/C32H60N2O2/c1-29(2,3)33(30(4,5)6)35-27-19-15-13-17-25(21-23-27)26-18-14-16-20-28(24-22-26)36-34(31(7,8)9)32(10,11)12/h21-28H,13-20H2,1-12H3/b23-21-,24-22-/t25-,26-,27-,28-/m1/s1. The lowest BCUT2D eigenvalue weighted by Gasteiger charge is -2.45. The first-order chi connectivity index (χ1) is 16.4. The summed E-state index contributed by atoms with van der Waals surface area (Å²) in [6.07, 6.45) is 19.7. The van der Waals surface area contributed by atoms with E-state index in [0.29, 0.717) is 11.8 Å². The highest BCUT2D eigenvalue weighted by Gasteiger charge is 2.36. The molecule has 0 aromatic carbocycles. The second-order valence-corrected chi connectivity index (χ2v) is 15.2. The van der Waals surface area contributed by atoms with Gasteiger partial charge in [-0.15, -0.1) is 0 Å². The third kappa shape index (κ3) is 9.89. The van der Waals surface area contributed by atoms with Gasteiger partial charge in [-0.1, -0.05) is 50.0 Å². The third-order valence-electron chi connectivity index (χ3n) is 7.17. The number of allylic oxidation sites excluding steroid dienone is 2. The second kappa shape index (κ2) is 12.5. The van der Waals surface area contributed by atoms with Gasteiger partial charge in [0.2, 0.25) is 0 Å². The van der Waals surface area contributed by atoms with Gasteiger partial charge in [0.05, 0.1) is 12.2 Å². The number of hydroxylamine groups is 4. The van der Waals surface area contributed by atoms with E-state index in [9.17, 15) is 0 Å². The van der Waals surface area contributed by atoms with Crippen LogP contribution < -0.4 is 0 Å². The Kier molecular flexibility index (Phi) is 10.9. The fraction of sp³-hybridized carbons (Fsp3) is 0.875. The smallest absolute Gasteiger partial charge is 0.0974 e. The Labute approximate surface area is 224 Å². The van der Waals surface area contributed by atoms with Crippen LogP contribution in [0.3, 0.4) is 0 Å². The molecule has 2 rings (SSSR count). The van der Waals surface area contributed by atoms with Crippen LogP contribution in [0.15, 0.2) is 24.3 Å². The monoisotopic (exact) mass is 504 g/mol. The van der Waals surface area contributed by atoms with E-state index in [4.69, 9.17) is 9.68 Å². The molecule has 0 amide bonds. The summed E-state index contributed by atoms with van der Waals surface area (Å²) < 4.78 is 0. The summed E-state index contributed by atoms with van der Waals surface area (Å²) in [6.45, 7) is 26.9. The van der Waals surface area contributed by atoms with E-state index in [1.807, 2.05) is 0 Å². The lowest BCUT2D eigenvalue weighted by molar-refractivity contribution is -0.275. The molecule has 2 aliphatic rings. The number of hydrogen-bond acceptors (Lipinski definition) is 4. The highest BCUT2D eigenvalue weighted by atomic mass is 16.7. The Balaban J connectivity index is 2.16. The maximum Gasteiger partial charge on any atom is 0.0974 e. The summed E-state index contributed by atoms with van der Waals surface area (Å²) in [4.78, 5) is 13.3. The van der Waals surface area contributed by atoms with Crippen molar-refractivity contribution in [2.45, 2.75) is 169 Å². The van der Waals surface area contributed by atoms with Crippen LogP contribution in [0.4, 0.5) is 0 Å². The first-order valence-corrected chi connectivity index (χ1v) is 14.7. The van der Waals surface area contributed by atoms with Gasteiger partial charge in [0.15, 0.2) is 0 Å². The SMILES string of the molecule is CC(C)(C)N(O[C@H]1/C=C\[C@H]([C@H]2/C=C\[C@H](ON(C(C)(C)C)C(C)(C)C)CCCC2)CCCC1)C(C)(C)C. The zero-order valence-electron chi connectivity index (χ0n) is 26.0. The fourth-order valence-corrected chi connectivity index (χ4v) is 6.17. The zero-order valence-corrected chi connectivity index (χ0v) is 26.0. The molecule has 4 heteroatoms.